The number of hydrogen-bond donors (Lipinski definition) is 0. The third kappa shape index (κ3) is 18.6. The smallest absolute Gasteiger partial charge is 0.655 e. The molecule has 4 aromatic carbocycles. The van der Waals surface area contributed by atoms with Crippen LogP contribution in [0, 0.1) is 138 Å². The second-order valence-corrected chi connectivity index (χ2v) is 33.2. The van der Waals surface area contributed by atoms with Crippen molar-refractivity contribution in [3.8, 4) is 139 Å². The largest absolute Gasteiger partial charge is 2.00 e. The van der Waals surface area contributed by atoms with Crippen molar-refractivity contribution in [1.82, 2.24) is 19.9 Å². The predicted octanol–water partition coefficient (Wildman–Crippen LogP) is 21.8. The number of rotatable bonds is 4. The number of aromatic nitrogens is 4. The summed E-state index contributed by atoms with van der Waals surface area (Å²) in [5.74, 6) is 60.3. The van der Waals surface area contributed by atoms with Crippen molar-refractivity contribution in [1.29, 1.82) is 0 Å². The zero-order chi connectivity index (χ0) is 70.1. The molecule has 5 heterocycles. The molecule has 2 aliphatic rings. The van der Waals surface area contributed by atoms with Gasteiger partial charge in [-0.2, -0.15) is 0 Å². The van der Waals surface area contributed by atoms with Gasteiger partial charge in [-0.15, -0.1) is 22.1 Å². The van der Waals surface area contributed by atoms with E-state index in [2.05, 4.69) is 358 Å². The van der Waals surface area contributed by atoms with Gasteiger partial charge in [0.2, 0.25) is 0 Å². The van der Waals surface area contributed by atoms with E-state index in [1.165, 1.54) is 0 Å². The number of benzene rings is 4. The van der Waals surface area contributed by atoms with Crippen molar-refractivity contribution < 1.29 is 20.4 Å². The molecule has 5 heteroatoms. The minimum Gasteiger partial charge on any atom is -0.655 e. The van der Waals surface area contributed by atoms with Crippen LogP contribution in [0.25, 0.3) is 88.9 Å². The van der Waals surface area contributed by atoms with Crippen molar-refractivity contribution in [2.45, 2.75) is 166 Å². The number of hydrogen-bond acceptors (Lipinski definition) is 2. The molecule has 97 heavy (non-hydrogen) atoms. The average Bonchev–Trinajstić information content (AvgIpc) is 1.57. The summed E-state index contributed by atoms with van der Waals surface area (Å²) in [4.78, 5) is 24.6. The first kappa shape index (κ1) is 73.4. The van der Waals surface area contributed by atoms with Crippen molar-refractivity contribution in [2.24, 2.45) is 43.3 Å². The van der Waals surface area contributed by atoms with Crippen LogP contribution in [-0.2, 0) is 20.4 Å². The van der Waals surface area contributed by atoms with Crippen LogP contribution in [0.1, 0.15) is 211 Å². The number of fused-ring (bicyclic) bond motifs is 8. The van der Waals surface area contributed by atoms with Crippen LogP contribution in [0.3, 0.4) is 0 Å². The van der Waals surface area contributed by atoms with E-state index in [4.69, 9.17) is 19.9 Å². The van der Waals surface area contributed by atoms with Crippen molar-refractivity contribution >= 4 is 44.4 Å². The maximum Gasteiger partial charge on any atom is 2.00 e. The van der Waals surface area contributed by atoms with E-state index in [9.17, 15) is 0 Å². The fourth-order valence-corrected chi connectivity index (χ4v) is 10.2. The standard InChI is InChI=1S/C92H92N4.Pd/c1-85(2,3)53-45-65-66(46-54-86(4,5)6)78-74(62-39-31-26-32-40-62)80-69(49-57-89(13,14)15)70(50-58-90(16,17)18)82(95-80)76(64-43-35-28-36-44-64)84-72(52-60-92(22,23)24)71(51-59-91(19,20)21)83(96-84)75(63-41-33-27-34-42-63)81-68(48-56-88(10,11)12)67(47-55-87(7,8)9)79(94-81)73(77(65)93-78)61-37-29-25-30-38-61;/h25-44H,1-24H3;/q-2;+2. The summed E-state index contributed by atoms with van der Waals surface area (Å²) in [7, 11) is 0. The molecule has 7 aromatic rings. The van der Waals surface area contributed by atoms with Crippen molar-refractivity contribution in [3.05, 3.63) is 166 Å². The molecule has 2 aliphatic heterocycles. The molecule has 0 atom stereocenters. The van der Waals surface area contributed by atoms with Crippen LogP contribution < -0.4 is 9.97 Å². The van der Waals surface area contributed by atoms with E-state index in [0.717, 1.165) is 22.3 Å². The van der Waals surface area contributed by atoms with E-state index >= 15 is 0 Å². The SMILES string of the molecule is CC(C)(C)C#CC1=C(C#CC(C)(C)C)c2nc1c(-c1ccccc1)c1[n-]c(c(C#CC(C)(C)C)c1C#CC(C)(C)C)c(-c1ccccc1)c1nc(c(-c3ccccc3)c3[n-]c(c(C#CC(C)(C)C)c3C#CC(C)(C)C)c2-c2ccccc2)C(C#CC(C)(C)C)=C1C#CC(C)(C)C.[Pd+2]. The van der Waals surface area contributed by atoms with Crippen LogP contribution >= 0.6 is 0 Å². The molecule has 0 radical (unpaired) electrons. The van der Waals surface area contributed by atoms with Crippen LogP contribution in [0.4, 0.5) is 0 Å². The monoisotopic (exact) mass is 1360 g/mol. The maximum atomic E-state index is 6.15. The predicted molar refractivity (Wildman–Crippen MR) is 409 cm³/mol. The van der Waals surface area contributed by atoms with Gasteiger partial charge in [0, 0.05) is 65.6 Å². The molecule has 4 nitrogen and oxygen atoms in total. The van der Waals surface area contributed by atoms with Crippen LogP contribution in [0.2, 0.25) is 0 Å². The zero-order valence-corrected chi connectivity index (χ0v) is 63.2. The van der Waals surface area contributed by atoms with Gasteiger partial charge in [-0.1, -0.05) is 216 Å². The summed E-state index contributed by atoms with van der Waals surface area (Å²) in [6, 6.07) is 41.6. The Morgan fingerprint density at radius 2 is 0.381 bits per heavy atom. The first-order chi connectivity index (χ1) is 44.6. The van der Waals surface area contributed by atoms with Gasteiger partial charge in [0.25, 0.3) is 0 Å². The van der Waals surface area contributed by atoms with E-state index in [1.807, 2.05) is 24.3 Å². The van der Waals surface area contributed by atoms with Gasteiger partial charge in [0.05, 0.1) is 45.1 Å². The van der Waals surface area contributed by atoms with Gasteiger partial charge in [0.15, 0.2) is 0 Å². The molecule has 0 amide bonds. The molecule has 3 aromatic heterocycles. The van der Waals surface area contributed by atoms with Crippen molar-refractivity contribution in [2.75, 3.05) is 0 Å². The van der Waals surface area contributed by atoms with Crippen molar-refractivity contribution in [3.63, 3.8) is 0 Å². The van der Waals surface area contributed by atoms with Gasteiger partial charge >= 0.3 is 20.4 Å². The summed E-state index contributed by atoms with van der Waals surface area (Å²) in [6.07, 6.45) is 0. The average molecular weight is 1360 g/mol. The Balaban J connectivity index is 0.0000120. The molecular formula is C92H92N4Pd. The number of nitrogens with zero attached hydrogens (tertiary/aromatic N) is 4. The Bertz CT molecular complexity index is 4400. The minimum atomic E-state index is -0.459. The fourth-order valence-electron chi connectivity index (χ4n) is 10.2. The summed E-state index contributed by atoms with van der Waals surface area (Å²) in [5, 5.41) is 0. The minimum absolute atomic E-state index is 0. The van der Waals surface area contributed by atoms with Crippen LogP contribution in [-0.4, -0.2) is 9.97 Å². The Morgan fingerprint density at radius 3 is 0.536 bits per heavy atom. The van der Waals surface area contributed by atoms with Gasteiger partial charge in [-0.05, 0) is 211 Å². The molecule has 0 spiro atoms. The molecule has 0 aliphatic carbocycles. The van der Waals surface area contributed by atoms with E-state index in [0.29, 0.717) is 112 Å². The molecule has 0 N–H and O–H groups in total. The van der Waals surface area contributed by atoms with Gasteiger partial charge < -0.3 is 9.97 Å². The maximum absolute atomic E-state index is 6.15. The molecule has 8 bridgehead atoms. The molecule has 9 rings (SSSR count). The summed E-state index contributed by atoms with van der Waals surface area (Å²) in [6.45, 7) is 51.2. The first-order valence-corrected chi connectivity index (χ1v) is 33.4. The molecule has 0 saturated carbocycles. The van der Waals surface area contributed by atoms with E-state index < -0.39 is 43.3 Å². The van der Waals surface area contributed by atoms with E-state index in [-0.39, 0.29) is 20.4 Å². The van der Waals surface area contributed by atoms with Gasteiger partial charge in [0.1, 0.15) is 0 Å². The Kier molecular flexibility index (Phi) is 21.2. The summed E-state index contributed by atoms with van der Waals surface area (Å²) < 4.78 is 0. The molecule has 0 fully saturated rings. The van der Waals surface area contributed by atoms with Crippen LogP contribution in [0.15, 0.2) is 121 Å². The molecule has 490 valence electrons. The van der Waals surface area contributed by atoms with Gasteiger partial charge in [-0.25, -0.2) is 9.97 Å². The Labute approximate surface area is 595 Å². The first-order valence-electron chi connectivity index (χ1n) is 33.4. The molecule has 0 saturated heterocycles. The molecule has 0 unspecified atom stereocenters. The normalized spacial score (nSPS) is 12.5. The summed E-state index contributed by atoms with van der Waals surface area (Å²) >= 11 is 0. The summed E-state index contributed by atoms with van der Waals surface area (Å²) in [5.41, 5.74) is 12.3. The van der Waals surface area contributed by atoms with E-state index in [1.54, 1.807) is 0 Å². The fraction of sp³-hybridized carbons (Fsp3) is 0.348. The second kappa shape index (κ2) is 28.0. The third-order valence-electron chi connectivity index (χ3n) is 14.4. The zero-order valence-electron chi connectivity index (χ0n) is 61.7. The Hall–Kier alpha value is -9.38. The third-order valence-corrected chi connectivity index (χ3v) is 14.4. The Morgan fingerprint density at radius 1 is 0.227 bits per heavy atom. The van der Waals surface area contributed by atoms with Crippen LogP contribution in [0.5, 0.6) is 0 Å². The quantitative estimate of drug-likeness (QED) is 0.130. The number of allylic oxidation sites excluding steroid dienone is 4. The topological polar surface area (TPSA) is 54.0 Å². The van der Waals surface area contributed by atoms with Gasteiger partial charge in [-0.3, -0.25) is 0 Å². The molecular weight excluding hydrogens is 1270 g/mol. The second-order valence-electron chi connectivity index (χ2n) is 33.2.